The first-order valence-corrected chi connectivity index (χ1v) is 7.10. The van der Waals surface area contributed by atoms with Crippen LogP contribution < -0.4 is 10.2 Å². The van der Waals surface area contributed by atoms with Crippen LogP contribution in [-0.2, 0) is 0 Å². The van der Waals surface area contributed by atoms with E-state index < -0.39 is 0 Å². The average Bonchev–Trinajstić information content (AvgIpc) is 3.01. The largest absolute Gasteiger partial charge is 0.468 e. The van der Waals surface area contributed by atoms with E-state index in [9.17, 15) is 4.79 Å². The second-order valence-electron chi connectivity index (χ2n) is 5.50. The molecular weight excluding hydrogens is 280 g/mol. The lowest BCUT2D eigenvalue weighted by Crippen LogP contribution is -2.34. The van der Waals surface area contributed by atoms with Crippen LogP contribution in [0.3, 0.4) is 0 Å². The molecule has 1 atom stereocenters. The van der Waals surface area contributed by atoms with E-state index in [4.69, 9.17) is 4.42 Å². The van der Waals surface area contributed by atoms with Gasteiger partial charge in [0.15, 0.2) is 0 Å². The van der Waals surface area contributed by atoms with Gasteiger partial charge in [-0.15, -0.1) is 0 Å². The lowest BCUT2D eigenvalue weighted by molar-refractivity contribution is 0.0938. The quantitative estimate of drug-likeness (QED) is 0.881. The summed E-state index contributed by atoms with van der Waals surface area (Å²) in [4.78, 5) is 20.4. The molecule has 6 nitrogen and oxygen atoms in total. The SMILES string of the molecule is CN(C)c1ccc(C(=O)NCC(c2ccco2)N(C)C)cn1. The van der Waals surface area contributed by atoms with Crippen LogP contribution in [0, 0.1) is 0 Å². The fraction of sp³-hybridized carbons (Fsp3) is 0.375. The molecule has 0 saturated heterocycles. The van der Waals surface area contributed by atoms with Crippen molar-refractivity contribution in [2.24, 2.45) is 0 Å². The summed E-state index contributed by atoms with van der Waals surface area (Å²) in [5.74, 6) is 1.50. The van der Waals surface area contributed by atoms with Gasteiger partial charge >= 0.3 is 0 Å². The predicted molar refractivity (Wildman–Crippen MR) is 86.0 cm³/mol. The molecule has 0 radical (unpaired) electrons. The molecule has 6 heteroatoms. The summed E-state index contributed by atoms with van der Waals surface area (Å²) < 4.78 is 5.43. The minimum Gasteiger partial charge on any atom is -0.468 e. The Hall–Kier alpha value is -2.34. The van der Waals surface area contributed by atoms with Crippen molar-refractivity contribution in [3.05, 3.63) is 48.0 Å². The maximum atomic E-state index is 12.2. The van der Waals surface area contributed by atoms with E-state index in [1.807, 2.05) is 56.2 Å². The topological polar surface area (TPSA) is 61.6 Å². The van der Waals surface area contributed by atoms with Crippen LogP contribution in [0.4, 0.5) is 5.82 Å². The van der Waals surface area contributed by atoms with Crippen LogP contribution in [-0.4, -0.2) is 50.5 Å². The van der Waals surface area contributed by atoms with Gasteiger partial charge in [-0.05, 0) is 38.4 Å². The highest BCUT2D eigenvalue weighted by Crippen LogP contribution is 2.17. The van der Waals surface area contributed by atoms with Gasteiger partial charge in [0.25, 0.3) is 5.91 Å². The van der Waals surface area contributed by atoms with Gasteiger partial charge in [0.05, 0.1) is 17.9 Å². The number of amides is 1. The number of nitrogens with zero attached hydrogens (tertiary/aromatic N) is 3. The van der Waals surface area contributed by atoms with Crippen molar-refractivity contribution < 1.29 is 9.21 Å². The molecule has 2 rings (SSSR count). The zero-order valence-electron chi connectivity index (χ0n) is 13.4. The second-order valence-corrected chi connectivity index (χ2v) is 5.50. The number of carbonyl (C=O) groups is 1. The molecular formula is C16H22N4O2. The second kappa shape index (κ2) is 7.09. The normalized spacial score (nSPS) is 12.2. The van der Waals surface area contributed by atoms with E-state index in [-0.39, 0.29) is 11.9 Å². The Morgan fingerprint density at radius 1 is 1.27 bits per heavy atom. The van der Waals surface area contributed by atoms with E-state index in [0.29, 0.717) is 12.1 Å². The first-order valence-electron chi connectivity index (χ1n) is 7.10. The third kappa shape index (κ3) is 3.85. The lowest BCUT2D eigenvalue weighted by Gasteiger charge is -2.22. The van der Waals surface area contributed by atoms with Gasteiger partial charge in [-0.3, -0.25) is 9.69 Å². The molecule has 0 fully saturated rings. The molecule has 0 saturated carbocycles. The van der Waals surface area contributed by atoms with Crippen molar-refractivity contribution in [1.82, 2.24) is 15.2 Å². The first-order chi connectivity index (χ1) is 10.5. The Bertz CT molecular complexity index is 591. The van der Waals surface area contributed by atoms with Crippen LogP contribution in [0.2, 0.25) is 0 Å². The number of pyridine rings is 1. The molecule has 22 heavy (non-hydrogen) atoms. The van der Waals surface area contributed by atoms with E-state index >= 15 is 0 Å². The molecule has 0 aliphatic heterocycles. The third-order valence-corrected chi connectivity index (χ3v) is 3.42. The minimum absolute atomic E-state index is 0.00652. The van der Waals surface area contributed by atoms with Crippen molar-refractivity contribution in [3.63, 3.8) is 0 Å². The fourth-order valence-electron chi connectivity index (χ4n) is 2.09. The van der Waals surface area contributed by atoms with Gasteiger partial charge in [-0.25, -0.2) is 4.98 Å². The number of rotatable bonds is 6. The number of aromatic nitrogens is 1. The van der Waals surface area contributed by atoms with Crippen LogP contribution in [0.5, 0.6) is 0 Å². The summed E-state index contributed by atoms with van der Waals surface area (Å²) in [5.41, 5.74) is 0.544. The predicted octanol–water partition coefficient (Wildman–Crippen LogP) is 1.77. The molecule has 1 N–H and O–H groups in total. The Balaban J connectivity index is 1.99. The Morgan fingerprint density at radius 3 is 2.55 bits per heavy atom. The number of likely N-dealkylation sites (N-methyl/N-ethyl adjacent to an activating group) is 1. The first kappa shape index (κ1) is 16.0. The highest BCUT2D eigenvalue weighted by atomic mass is 16.3. The number of hydrogen-bond donors (Lipinski definition) is 1. The number of furan rings is 1. The Kier molecular flexibility index (Phi) is 5.16. The number of carbonyl (C=O) groups excluding carboxylic acids is 1. The third-order valence-electron chi connectivity index (χ3n) is 3.42. The number of hydrogen-bond acceptors (Lipinski definition) is 5. The van der Waals surface area contributed by atoms with Crippen molar-refractivity contribution in [1.29, 1.82) is 0 Å². The van der Waals surface area contributed by atoms with E-state index in [1.165, 1.54) is 0 Å². The molecule has 0 aromatic carbocycles. The molecule has 118 valence electrons. The number of nitrogens with one attached hydrogen (secondary N) is 1. The van der Waals surface area contributed by atoms with Gasteiger partial charge in [-0.2, -0.15) is 0 Å². The van der Waals surface area contributed by atoms with Crippen molar-refractivity contribution in [2.45, 2.75) is 6.04 Å². The number of anilines is 1. The molecule has 2 aromatic heterocycles. The molecule has 0 aliphatic carbocycles. The van der Waals surface area contributed by atoms with Gasteiger partial charge in [0.2, 0.25) is 0 Å². The summed E-state index contributed by atoms with van der Waals surface area (Å²) in [6.45, 7) is 0.467. The molecule has 0 aliphatic rings. The monoisotopic (exact) mass is 302 g/mol. The van der Waals surface area contributed by atoms with Crippen LogP contribution >= 0.6 is 0 Å². The summed E-state index contributed by atoms with van der Waals surface area (Å²) in [6, 6.07) is 7.34. The summed E-state index contributed by atoms with van der Waals surface area (Å²) in [6.07, 6.45) is 3.22. The van der Waals surface area contributed by atoms with Crippen LogP contribution in [0.1, 0.15) is 22.2 Å². The van der Waals surface area contributed by atoms with E-state index in [1.54, 1.807) is 18.5 Å². The molecule has 0 bridgehead atoms. The highest BCUT2D eigenvalue weighted by molar-refractivity contribution is 5.94. The molecule has 0 spiro atoms. The van der Waals surface area contributed by atoms with Gasteiger partial charge in [0, 0.05) is 26.8 Å². The standard InChI is InChI=1S/C16H22N4O2/c1-19(2)13(14-6-5-9-22-14)11-18-16(21)12-7-8-15(17-10-12)20(3)4/h5-10,13H,11H2,1-4H3,(H,18,21). The lowest BCUT2D eigenvalue weighted by atomic mass is 10.2. The maximum Gasteiger partial charge on any atom is 0.252 e. The fourth-order valence-corrected chi connectivity index (χ4v) is 2.09. The van der Waals surface area contributed by atoms with E-state index in [0.717, 1.165) is 11.6 Å². The maximum absolute atomic E-state index is 12.2. The van der Waals surface area contributed by atoms with Crippen molar-refractivity contribution in [3.8, 4) is 0 Å². The average molecular weight is 302 g/mol. The molecule has 2 heterocycles. The van der Waals surface area contributed by atoms with Gasteiger partial charge < -0.3 is 14.6 Å². The Morgan fingerprint density at radius 2 is 2.05 bits per heavy atom. The van der Waals surface area contributed by atoms with Crippen molar-refractivity contribution in [2.75, 3.05) is 39.6 Å². The zero-order valence-corrected chi connectivity index (χ0v) is 13.4. The van der Waals surface area contributed by atoms with Crippen LogP contribution in [0.25, 0.3) is 0 Å². The Labute approximate surface area is 130 Å². The highest BCUT2D eigenvalue weighted by Gasteiger charge is 2.18. The van der Waals surface area contributed by atoms with Gasteiger partial charge in [0.1, 0.15) is 11.6 Å². The summed E-state index contributed by atoms with van der Waals surface area (Å²) in [7, 11) is 7.72. The zero-order chi connectivity index (χ0) is 16.1. The smallest absolute Gasteiger partial charge is 0.252 e. The molecule has 2 aromatic rings. The van der Waals surface area contributed by atoms with Crippen molar-refractivity contribution >= 4 is 11.7 Å². The van der Waals surface area contributed by atoms with E-state index in [2.05, 4.69) is 10.3 Å². The summed E-state index contributed by atoms with van der Waals surface area (Å²) >= 11 is 0. The molecule has 1 amide bonds. The summed E-state index contributed by atoms with van der Waals surface area (Å²) in [5, 5.41) is 2.92. The molecule has 1 unspecified atom stereocenters. The van der Waals surface area contributed by atoms with Gasteiger partial charge in [-0.1, -0.05) is 0 Å². The van der Waals surface area contributed by atoms with Crippen LogP contribution in [0.15, 0.2) is 41.1 Å². The minimum atomic E-state index is -0.142.